The van der Waals surface area contributed by atoms with Gasteiger partial charge in [0.25, 0.3) is 0 Å². The van der Waals surface area contributed by atoms with E-state index in [1.54, 1.807) is 25.2 Å². The van der Waals surface area contributed by atoms with Crippen LogP contribution in [0.25, 0.3) is 6.08 Å². The van der Waals surface area contributed by atoms with Crippen molar-refractivity contribution in [3.05, 3.63) is 35.4 Å². The summed E-state index contributed by atoms with van der Waals surface area (Å²) in [6, 6.07) is 5.78. The lowest BCUT2D eigenvalue weighted by atomic mass is 10.1. The van der Waals surface area contributed by atoms with Gasteiger partial charge in [-0.1, -0.05) is 11.6 Å². The average molecular weight is 293 g/mol. The van der Waals surface area contributed by atoms with Crippen LogP contribution in [0.1, 0.15) is 11.1 Å². The molecule has 0 fully saturated rings. The molecule has 0 aliphatic heterocycles. The number of rotatable bonds is 8. The maximum Gasteiger partial charge on any atom is 0.246 e. The molecule has 116 valence electrons. The van der Waals surface area contributed by atoms with Crippen molar-refractivity contribution in [3.8, 4) is 5.75 Å². The highest BCUT2D eigenvalue weighted by atomic mass is 16.5. The lowest BCUT2D eigenvalue weighted by Gasteiger charge is -2.19. The number of hydrogen-bond donors (Lipinski definition) is 1. The monoisotopic (exact) mass is 293 g/mol. The Morgan fingerprint density at radius 2 is 2.10 bits per heavy atom. The second kappa shape index (κ2) is 9.15. The number of nitrogens with zero attached hydrogens (tertiary/aromatic N) is 1. The van der Waals surface area contributed by atoms with E-state index in [1.165, 1.54) is 6.08 Å². The highest BCUT2D eigenvalue weighted by Gasteiger charge is 2.09. The van der Waals surface area contributed by atoms with Gasteiger partial charge in [0, 0.05) is 31.8 Å². The Balaban J connectivity index is 2.81. The second-order valence-corrected chi connectivity index (χ2v) is 4.62. The number of ether oxygens (including phenoxy) is 2. The van der Waals surface area contributed by atoms with Gasteiger partial charge in [0.1, 0.15) is 5.75 Å². The summed E-state index contributed by atoms with van der Waals surface area (Å²) in [7, 11) is 3.18. The second-order valence-electron chi connectivity index (χ2n) is 4.62. The molecular weight excluding hydrogens is 270 g/mol. The molecule has 21 heavy (non-hydrogen) atoms. The van der Waals surface area contributed by atoms with E-state index in [0.29, 0.717) is 13.2 Å². The number of methoxy groups -OCH3 is 2. The van der Waals surface area contributed by atoms with Crippen molar-refractivity contribution >= 4 is 12.0 Å². The number of carbonyl (C=O) groups is 1. The van der Waals surface area contributed by atoms with E-state index in [2.05, 4.69) is 0 Å². The predicted molar refractivity (Wildman–Crippen MR) is 82.3 cm³/mol. The van der Waals surface area contributed by atoms with Crippen LogP contribution in [0.5, 0.6) is 5.75 Å². The summed E-state index contributed by atoms with van der Waals surface area (Å²) in [5.74, 6) is 0.555. The fourth-order valence-electron chi connectivity index (χ4n) is 1.90. The van der Waals surface area contributed by atoms with Crippen molar-refractivity contribution in [2.45, 2.75) is 6.92 Å². The summed E-state index contributed by atoms with van der Waals surface area (Å²) >= 11 is 0. The largest absolute Gasteiger partial charge is 0.496 e. The zero-order valence-corrected chi connectivity index (χ0v) is 12.8. The zero-order chi connectivity index (χ0) is 15.7. The lowest BCUT2D eigenvalue weighted by molar-refractivity contribution is -0.127. The molecule has 1 aromatic carbocycles. The average Bonchev–Trinajstić information content (AvgIpc) is 2.49. The summed E-state index contributed by atoms with van der Waals surface area (Å²) in [6.07, 6.45) is 3.22. The molecule has 0 atom stereocenters. The summed E-state index contributed by atoms with van der Waals surface area (Å²) in [6.45, 7) is 3.09. The molecule has 1 aromatic rings. The van der Waals surface area contributed by atoms with Crippen LogP contribution in [-0.4, -0.2) is 56.4 Å². The SMILES string of the molecule is COCCN(CCO)C(=O)/C=C/c1cc(C)ccc1OC. The molecule has 0 radical (unpaired) electrons. The molecule has 1 rings (SSSR count). The molecule has 1 N–H and O–H groups in total. The third-order valence-corrected chi connectivity index (χ3v) is 3.04. The van der Waals surface area contributed by atoms with Crippen LogP contribution in [0, 0.1) is 6.92 Å². The van der Waals surface area contributed by atoms with Gasteiger partial charge in [-0.05, 0) is 25.1 Å². The van der Waals surface area contributed by atoms with E-state index >= 15 is 0 Å². The van der Waals surface area contributed by atoms with E-state index in [0.717, 1.165) is 16.9 Å². The highest BCUT2D eigenvalue weighted by Crippen LogP contribution is 2.21. The smallest absolute Gasteiger partial charge is 0.246 e. The van der Waals surface area contributed by atoms with Crippen LogP contribution in [0.3, 0.4) is 0 Å². The third kappa shape index (κ3) is 5.57. The van der Waals surface area contributed by atoms with Gasteiger partial charge < -0.3 is 19.5 Å². The van der Waals surface area contributed by atoms with Gasteiger partial charge >= 0.3 is 0 Å². The molecule has 0 bridgehead atoms. The molecule has 1 amide bonds. The van der Waals surface area contributed by atoms with Gasteiger partial charge in [-0.25, -0.2) is 0 Å². The van der Waals surface area contributed by atoms with Crippen molar-refractivity contribution in [1.82, 2.24) is 4.90 Å². The molecule has 0 aromatic heterocycles. The van der Waals surface area contributed by atoms with Gasteiger partial charge in [0.15, 0.2) is 0 Å². The molecular formula is C16H23NO4. The minimum absolute atomic E-state index is 0.0724. The van der Waals surface area contributed by atoms with Gasteiger partial charge in [-0.15, -0.1) is 0 Å². The number of hydrogen-bond acceptors (Lipinski definition) is 4. The molecule has 5 nitrogen and oxygen atoms in total. The number of carbonyl (C=O) groups excluding carboxylic acids is 1. The third-order valence-electron chi connectivity index (χ3n) is 3.04. The summed E-state index contributed by atoms with van der Waals surface area (Å²) in [4.78, 5) is 13.7. The first-order chi connectivity index (χ1) is 10.1. The normalized spacial score (nSPS) is 10.9. The number of amides is 1. The first-order valence-corrected chi connectivity index (χ1v) is 6.83. The van der Waals surface area contributed by atoms with Crippen LogP contribution < -0.4 is 4.74 Å². The van der Waals surface area contributed by atoms with Crippen molar-refractivity contribution in [2.24, 2.45) is 0 Å². The molecule has 0 heterocycles. The van der Waals surface area contributed by atoms with Gasteiger partial charge in [0.2, 0.25) is 5.91 Å². The fourth-order valence-corrected chi connectivity index (χ4v) is 1.90. The zero-order valence-electron chi connectivity index (χ0n) is 12.8. The predicted octanol–water partition coefficient (Wildman–Crippen LogP) is 1.48. The van der Waals surface area contributed by atoms with Gasteiger partial charge in [-0.3, -0.25) is 4.79 Å². The molecule has 5 heteroatoms. The molecule has 0 aliphatic carbocycles. The molecule has 0 saturated heterocycles. The van der Waals surface area contributed by atoms with Crippen LogP contribution in [0.4, 0.5) is 0 Å². The molecule has 0 unspecified atom stereocenters. The van der Waals surface area contributed by atoms with Crippen LogP contribution in [0.2, 0.25) is 0 Å². The van der Waals surface area contributed by atoms with Crippen LogP contribution in [-0.2, 0) is 9.53 Å². The number of benzene rings is 1. The summed E-state index contributed by atoms with van der Waals surface area (Å²) in [5.41, 5.74) is 1.94. The standard InChI is InChI=1S/C16H23NO4/c1-13-4-6-15(21-3)14(12-13)5-7-16(19)17(8-10-18)9-11-20-2/h4-7,12,18H,8-11H2,1-3H3/b7-5+. The Morgan fingerprint density at radius 3 is 2.71 bits per heavy atom. The Morgan fingerprint density at radius 1 is 1.33 bits per heavy atom. The maximum absolute atomic E-state index is 12.1. The van der Waals surface area contributed by atoms with Gasteiger partial charge in [0.05, 0.1) is 20.3 Å². The number of aliphatic hydroxyl groups is 1. The van der Waals surface area contributed by atoms with E-state index in [1.807, 2.05) is 25.1 Å². The number of aryl methyl sites for hydroxylation is 1. The van der Waals surface area contributed by atoms with Crippen molar-refractivity contribution in [2.75, 3.05) is 40.5 Å². The maximum atomic E-state index is 12.1. The molecule has 0 aliphatic rings. The van der Waals surface area contributed by atoms with Crippen LogP contribution in [0.15, 0.2) is 24.3 Å². The fraction of sp³-hybridized carbons (Fsp3) is 0.438. The van der Waals surface area contributed by atoms with E-state index in [4.69, 9.17) is 14.6 Å². The van der Waals surface area contributed by atoms with E-state index < -0.39 is 0 Å². The molecule has 0 spiro atoms. The summed E-state index contributed by atoms with van der Waals surface area (Å²) in [5, 5.41) is 9.01. The lowest BCUT2D eigenvalue weighted by Crippen LogP contribution is -2.34. The quantitative estimate of drug-likeness (QED) is 0.738. The van der Waals surface area contributed by atoms with Crippen molar-refractivity contribution in [1.29, 1.82) is 0 Å². The molecule has 0 saturated carbocycles. The first kappa shape index (κ1) is 17.2. The van der Waals surface area contributed by atoms with E-state index in [9.17, 15) is 4.79 Å². The minimum atomic E-state index is -0.162. The Kier molecular flexibility index (Phi) is 7.50. The Hall–Kier alpha value is -1.85. The van der Waals surface area contributed by atoms with Crippen molar-refractivity contribution < 1.29 is 19.4 Å². The summed E-state index contributed by atoms with van der Waals surface area (Å²) < 4.78 is 10.2. The topological polar surface area (TPSA) is 59.0 Å². The Labute approximate surface area is 125 Å². The van der Waals surface area contributed by atoms with Gasteiger partial charge in [-0.2, -0.15) is 0 Å². The number of aliphatic hydroxyl groups excluding tert-OH is 1. The Bertz CT molecular complexity index is 485. The highest BCUT2D eigenvalue weighted by molar-refractivity contribution is 5.92. The first-order valence-electron chi connectivity index (χ1n) is 6.83. The van der Waals surface area contributed by atoms with Crippen LogP contribution >= 0.6 is 0 Å². The van der Waals surface area contributed by atoms with Crippen molar-refractivity contribution in [3.63, 3.8) is 0 Å². The minimum Gasteiger partial charge on any atom is -0.496 e. The van der Waals surface area contributed by atoms with E-state index in [-0.39, 0.29) is 19.1 Å².